The molecule has 100 valence electrons. The van der Waals surface area contributed by atoms with E-state index in [4.69, 9.17) is 21.1 Å². The molecule has 0 heterocycles. The van der Waals surface area contributed by atoms with Crippen molar-refractivity contribution in [1.29, 1.82) is 0 Å². The van der Waals surface area contributed by atoms with Gasteiger partial charge in [-0.3, -0.25) is 0 Å². The number of allylic oxidation sites excluding steroid dienone is 1. The topological polar surface area (TPSA) is 18.5 Å². The van der Waals surface area contributed by atoms with Gasteiger partial charge in [-0.25, -0.2) is 0 Å². The maximum Gasteiger partial charge on any atom is 0.171 e. The van der Waals surface area contributed by atoms with Gasteiger partial charge in [0.1, 0.15) is 0 Å². The van der Waals surface area contributed by atoms with Gasteiger partial charge in [0.2, 0.25) is 0 Å². The molecule has 0 aromatic heterocycles. The molecule has 17 heavy (non-hydrogen) atoms. The van der Waals surface area contributed by atoms with Crippen LogP contribution in [0.25, 0.3) is 0 Å². The molecule has 1 rings (SSSR count). The van der Waals surface area contributed by atoms with Crippen molar-refractivity contribution in [2.45, 2.75) is 59.4 Å². The van der Waals surface area contributed by atoms with E-state index in [2.05, 4.69) is 33.8 Å². The van der Waals surface area contributed by atoms with Gasteiger partial charge in [-0.1, -0.05) is 38.8 Å². The van der Waals surface area contributed by atoms with Gasteiger partial charge in [-0.05, 0) is 25.2 Å². The van der Waals surface area contributed by atoms with Crippen molar-refractivity contribution in [2.75, 3.05) is 12.5 Å². The molecule has 0 fully saturated rings. The van der Waals surface area contributed by atoms with Crippen LogP contribution in [0.3, 0.4) is 0 Å². The lowest BCUT2D eigenvalue weighted by Crippen LogP contribution is -2.26. The van der Waals surface area contributed by atoms with Gasteiger partial charge < -0.3 is 9.47 Å². The van der Waals surface area contributed by atoms with E-state index in [-0.39, 0.29) is 17.8 Å². The van der Waals surface area contributed by atoms with Crippen LogP contribution in [0.15, 0.2) is 11.6 Å². The second-order valence-corrected chi connectivity index (χ2v) is 5.73. The summed E-state index contributed by atoms with van der Waals surface area (Å²) in [5.74, 6) is 0.396. The third kappa shape index (κ3) is 4.61. The van der Waals surface area contributed by atoms with Gasteiger partial charge >= 0.3 is 0 Å². The summed E-state index contributed by atoms with van der Waals surface area (Å²) in [7, 11) is 0. The molecule has 0 aliphatic heterocycles. The first-order valence-electron chi connectivity index (χ1n) is 6.51. The summed E-state index contributed by atoms with van der Waals surface area (Å²) in [4.78, 5) is 0. The number of ether oxygens (including phenoxy) is 2. The van der Waals surface area contributed by atoms with Crippen LogP contribution in [0.1, 0.15) is 47.0 Å². The maximum absolute atomic E-state index is 5.88. The molecule has 1 aliphatic rings. The van der Waals surface area contributed by atoms with Gasteiger partial charge in [-0.2, -0.15) is 0 Å². The van der Waals surface area contributed by atoms with Crippen LogP contribution in [0.5, 0.6) is 0 Å². The molecule has 0 aromatic carbocycles. The minimum absolute atomic E-state index is 0.148. The highest BCUT2D eigenvalue weighted by Crippen LogP contribution is 2.39. The Morgan fingerprint density at radius 3 is 2.71 bits per heavy atom. The van der Waals surface area contributed by atoms with Gasteiger partial charge in [-0.15, -0.1) is 11.6 Å². The van der Waals surface area contributed by atoms with Crippen LogP contribution in [0.4, 0.5) is 0 Å². The summed E-state index contributed by atoms with van der Waals surface area (Å²) in [6, 6.07) is 0. The molecule has 0 saturated carbocycles. The minimum atomic E-state index is -0.272. The zero-order valence-electron chi connectivity index (χ0n) is 11.5. The Balaban J connectivity index is 2.37. The third-order valence-corrected chi connectivity index (χ3v) is 3.72. The highest BCUT2D eigenvalue weighted by molar-refractivity contribution is 6.18. The molecule has 0 radical (unpaired) electrons. The summed E-state index contributed by atoms with van der Waals surface area (Å²) in [6.07, 6.45) is 5.28. The van der Waals surface area contributed by atoms with Crippen molar-refractivity contribution in [3.63, 3.8) is 0 Å². The summed E-state index contributed by atoms with van der Waals surface area (Å²) in [5, 5.41) is 0. The van der Waals surface area contributed by atoms with Gasteiger partial charge in [0.15, 0.2) is 6.29 Å². The van der Waals surface area contributed by atoms with Crippen LogP contribution in [-0.2, 0) is 9.47 Å². The average molecular weight is 261 g/mol. The second-order valence-electron chi connectivity index (χ2n) is 5.42. The molecule has 3 heteroatoms. The molecule has 0 aromatic rings. The molecular weight excluding hydrogens is 236 g/mol. The number of unbranched alkanes of at least 4 members (excludes halogenated alkanes) is 1. The molecule has 0 bridgehead atoms. The third-order valence-electron chi connectivity index (χ3n) is 3.47. The first kappa shape index (κ1) is 15.0. The van der Waals surface area contributed by atoms with Crippen molar-refractivity contribution in [1.82, 2.24) is 0 Å². The Labute approximate surface area is 110 Å². The fourth-order valence-electron chi connectivity index (χ4n) is 1.99. The van der Waals surface area contributed by atoms with E-state index >= 15 is 0 Å². The highest BCUT2D eigenvalue weighted by atomic mass is 35.5. The molecule has 2 atom stereocenters. The molecular formula is C14H25ClO2. The lowest BCUT2D eigenvalue weighted by Gasteiger charge is -2.23. The Hall–Kier alpha value is -0.0500. The Kier molecular flexibility index (Phi) is 5.98. The minimum Gasteiger partial charge on any atom is -0.351 e. The van der Waals surface area contributed by atoms with Gasteiger partial charge in [0, 0.05) is 6.61 Å². The van der Waals surface area contributed by atoms with Crippen molar-refractivity contribution >= 4 is 11.6 Å². The lowest BCUT2D eigenvalue weighted by atomic mass is 9.87. The van der Waals surface area contributed by atoms with Crippen LogP contribution >= 0.6 is 11.6 Å². The zero-order valence-corrected chi connectivity index (χ0v) is 12.2. The van der Waals surface area contributed by atoms with E-state index in [9.17, 15) is 0 Å². The fraction of sp³-hybridized carbons (Fsp3) is 0.857. The highest BCUT2D eigenvalue weighted by Gasteiger charge is 2.32. The number of rotatable bonds is 7. The first-order valence-corrected chi connectivity index (χ1v) is 7.05. The largest absolute Gasteiger partial charge is 0.351 e. The SMILES string of the molecule is CCCCOC(CCl)OC1C=C(C)C(C)(C)C1. The van der Waals surface area contributed by atoms with E-state index < -0.39 is 0 Å². The molecule has 0 amide bonds. The van der Waals surface area contributed by atoms with Crippen LogP contribution in [-0.4, -0.2) is 24.9 Å². The predicted molar refractivity (Wildman–Crippen MR) is 72.4 cm³/mol. The van der Waals surface area contributed by atoms with E-state index in [1.54, 1.807) is 0 Å². The van der Waals surface area contributed by atoms with Crippen molar-refractivity contribution in [2.24, 2.45) is 5.41 Å². The average Bonchev–Trinajstić information content (AvgIpc) is 2.51. The maximum atomic E-state index is 5.88. The van der Waals surface area contributed by atoms with Gasteiger partial charge in [0.05, 0.1) is 12.0 Å². The zero-order chi connectivity index (χ0) is 12.9. The first-order chi connectivity index (χ1) is 7.99. The van der Waals surface area contributed by atoms with E-state index in [1.165, 1.54) is 5.57 Å². The van der Waals surface area contributed by atoms with Crippen molar-refractivity contribution in [3.8, 4) is 0 Å². The van der Waals surface area contributed by atoms with E-state index in [1.807, 2.05) is 0 Å². The molecule has 2 nitrogen and oxygen atoms in total. The van der Waals surface area contributed by atoms with Gasteiger partial charge in [0.25, 0.3) is 0 Å². The lowest BCUT2D eigenvalue weighted by molar-refractivity contribution is -0.149. The second kappa shape index (κ2) is 6.77. The number of hydrogen-bond donors (Lipinski definition) is 0. The van der Waals surface area contributed by atoms with Crippen molar-refractivity contribution in [3.05, 3.63) is 11.6 Å². The molecule has 0 spiro atoms. The van der Waals surface area contributed by atoms with Crippen LogP contribution in [0, 0.1) is 5.41 Å². The standard InChI is InChI=1S/C14H25ClO2/c1-5-6-7-16-13(10-15)17-12-8-11(2)14(3,4)9-12/h8,12-13H,5-7,9-10H2,1-4H3. The summed E-state index contributed by atoms with van der Waals surface area (Å²) in [5.41, 5.74) is 1.63. The van der Waals surface area contributed by atoms with E-state index in [0.29, 0.717) is 5.88 Å². The normalized spacial score (nSPS) is 24.8. The summed E-state index contributed by atoms with van der Waals surface area (Å²) >= 11 is 5.86. The monoisotopic (exact) mass is 260 g/mol. The Bertz CT molecular complexity index is 261. The molecule has 2 unspecified atom stereocenters. The molecule has 1 aliphatic carbocycles. The number of hydrogen-bond acceptors (Lipinski definition) is 2. The predicted octanol–water partition coefficient (Wildman–Crippen LogP) is 4.13. The molecule has 0 N–H and O–H groups in total. The number of halogens is 1. The summed E-state index contributed by atoms with van der Waals surface area (Å²) < 4.78 is 11.5. The van der Waals surface area contributed by atoms with E-state index in [0.717, 1.165) is 25.9 Å². The quantitative estimate of drug-likeness (QED) is 0.297. The van der Waals surface area contributed by atoms with Crippen LogP contribution in [0.2, 0.25) is 0 Å². The Morgan fingerprint density at radius 2 is 2.24 bits per heavy atom. The summed E-state index contributed by atoms with van der Waals surface area (Å²) in [6.45, 7) is 9.53. The Morgan fingerprint density at radius 1 is 1.53 bits per heavy atom. The van der Waals surface area contributed by atoms with Crippen LogP contribution < -0.4 is 0 Å². The molecule has 0 saturated heterocycles. The number of alkyl halides is 1. The smallest absolute Gasteiger partial charge is 0.171 e. The van der Waals surface area contributed by atoms with Crippen molar-refractivity contribution < 1.29 is 9.47 Å². The fourth-order valence-corrected chi connectivity index (χ4v) is 2.15.